The fourth-order valence-corrected chi connectivity index (χ4v) is 6.38. The first-order chi connectivity index (χ1) is 26.8. The fourth-order valence-electron chi connectivity index (χ4n) is 5.61. The number of allylic oxidation sites excluding steroid dienone is 10. The van der Waals surface area contributed by atoms with Crippen molar-refractivity contribution >= 4 is 19.8 Å². The van der Waals surface area contributed by atoms with Crippen LogP contribution < -0.4 is 5.73 Å². The molecule has 0 amide bonds. The Kier molecular flexibility index (Phi) is 39.6. The largest absolute Gasteiger partial charge is 0.472 e. The van der Waals surface area contributed by atoms with E-state index in [1.165, 1.54) is 70.6 Å². The smallest absolute Gasteiger partial charge is 0.462 e. The molecule has 0 heterocycles. The molecule has 10 heteroatoms. The van der Waals surface area contributed by atoms with Crippen LogP contribution in [0.3, 0.4) is 0 Å². The lowest BCUT2D eigenvalue weighted by atomic mass is 10.1. The number of phosphoric ester groups is 1. The first kappa shape index (κ1) is 52.7. The molecule has 0 saturated heterocycles. The minimum absolute atomic E-state index is 0.0457. The van der Waals surface area contributed by atoms with Crippen LogP contribution in [-0.2, 0) is 32.7 Å². The molecule has 0 radical (unpaired) electrons. The van der Waals surface area contributed by atoms with Crippen LogP contribution >= 0.6 is 7.82 Å². The summed E-state index contributed by atoms with van der Waals surface area (Å²) >= 11 is 0. The zero-order valence-corrected chi connectivity index (χ0v) is 35.8. The number of carbonyl (C=O) groups is 2. The van der Waals surface area contributed by atoms with Gasteiger partial charge in [0.1, 0.15) is 6.61 Å². The third-order valence-corrected chi connectivity index (χ3v) is 9.86. The van der Waals surface area contributed by atoms with Gasteiger partial charge in [-0.2, -0.15) is 0 Å². The highest BCUT2D eigenvalue weighted by atomic mass is 31.2. The van der Waals surface area contributed by atoms with E-state index in [9.17, 15) is 19.0 Å². The Morgan fingerprint density at radius 1 is 0.545 bits per heavy atom. The molecule has 0 aliphatic carbocycles. The van der Waals surface area contributed by atoms with Crippen LogP contribution in [0.5, 0.6) is 0 Å². The van der Waals surface area contributed by atoms with Crippen molar-refractivity contribution in [3.63, 3.8) is 0 Å². The topological polar surface area (TPSA) is 134 Å². The van der Waals surface area contributed by atoms with Crippen LogP contribution in [0.15, 0.2) is 60.8 Å². The highest BCUT2D eigenvalue weighted by Crippen LogP contribution is 2.43. The van der Waals surface area contributed by atoms with E-state index in [1.807, 2.05) is 0 Å². The highest BCUT2D eigenvalue weighted by Gasteiger charge is 2.26. The first-order valence-corrected chi connectivity index (χ1v) is 23.3. The molecule has 55 heavy (non-hydrogen) atoms. The number of nitrogens with two attached hydrogens (primary N) is 1. The molecule has 0 fully saturated rings. The quantitative estimate of drug-likeness (QED) is 0.0269. The lowest BCUT2D eigenvalue weighted by Gasteiger charge is -2.19. The van der Waals surface area contributed by atoms with E-state index < -0.39 is 32.5 Å². The van der Waals surface area contributed by atoms with Crippen molar-refractivity contribution in [1.29, 1.82) is 0 Å². The number of esters is 2. The Balaban J connectivity index is 4.22. The Morgan fingerprint density at radius 2 is 0.945 bits per heavy atom. The Morgan fingerprint density at radius 3 is 1.40 bits per heavy atom. The molecule has 0 aromatic rings. The number of phosphoric acid groups is 1. The lowest BCUT2D eigenvalue weighted by Crippen LogP contribution is -2.29. The fraction of sp³-hybridized carbons (Fsp3) is 0.733. The summed E-state index contributed by atoms with van der Waals surface area (Å²) in [5.74, 6) is -0.866. The van der Waals surface area contributed by atoms with Gasteiger partial charge in [0.25, 0.3) is 0 Å². The van der Waals surface area contributed by atoms with Gasteiger partial charge >= 0.3 is 19.8 Å². The summed E-state index contributed by atoms with van der Waals surface area (Å²) in [7, 11) is -4.39. The second-order valence-electron chi connectivity index (χ2n) is 14.2. The lowest BCUT2D eigenvalue weighted by molar-refractivity contribution is -0.161. The summed E-state index contributed by atoms with van der Waals surface area (Å²) in [5.41, 5.74) is 5.34. The first-order valence-electron chi connectivity index (χ1n) is 21.8. The maximum Gasteiger partial charge on any atom is 0.472 e. The van der Waals surface area contributed by atoms with Crippen LogP contribution in [0.2, 0.25) is 0 Å². The molecular formula is C45H80NO8P. The second-order valence-corrected chi connectivity index (χ2v) is 15.7. The van der Waals surface area contributed by atoms with Crippen LogP contribution in [0.25, 0.3) is 0 Å². The molecule has 3 N–H and O–H groups in total. The number of carbonyl (C=O) groups excluding carboxylic acids is 2. The van der Waals surface area contributed by atoms with Crippen molar-refractivity contribution < 1.29 is 37.6 Å². The van der Waals surface area contributed by atoms with E-state index in [0.29, 0.717) is 6.42 Å². The second kappa shape index (κ2) is 41.3. The molecule has 0 aliphatic rings. The van der Waals surface area contributed by atoms with Gasteiger partial charge in [0.05, 0.1) is 13.2 Å². The molecule has 0 aromatic carbocycles. The number of rotatable bonds is 40. The number of hydrogen-bond acceptors (Lipinski definition) is 8. The molecule has 9 nitrogen and oxygen atoms in total. The molecule has 0 spiro atoms. The standard InChI is InChI=1S/C45H80NO8P/c1-3-5-7-9-11-13-15-17-19-21-23-25-27-29-31-33-35-37-44(47)51-41-43(42-53-55(49,50)52-40-39-46)54-45(48)38-36-34-32-30-28-26-24-22-20-18-16-14-12-10-8-6-4-2/h11-14,17-20,24,26,43H,3-10,15-16,21-23,25,27-42,46H2,1-2H3,(H,49,50). The maximum atomic E-state index is 12.6. The van der Waals surface area contributed by atoms with Crippen LogP contribution in [0.4, 0.5) is 0 Å². The number of hydrogen-bond donors (Lipinski definition) is 2. The van der Waals surface area contributed by atoms with Gasteiger partial charge in [-0.15, -0.1) is 0 Å². The monoisotopic (exact) mass is 794 g/mol. The Labute approximate surface area is 336 Å². The number of ether oxygens (including phenoxy) is 2. The van der Waals surface area contributed by atoms with E-state index in [0.717, 1.165) is 77.0 Å². The van der Waals surface area contributed by atoms with Gasteiger partial charge in [-0.1, -0.05) is 145 Å². The van der Waals surface area contributed by atoms with E-state index in [-0.39, 0.29) is 32.6 Å². The molecule has 0 aliphatic heterocycles. The SMILES string of the molecule is CCCCCC=CCC=CCC=CCCCCCCC(=O)OC(COC(=O)CCCCCCCCCC=CCC=CCCCCC)COP(=O)(O)OCCN. The predicted octanol–water partition coefficient (Wildman–Crippen LogP) is 12.5. The third-order valence-electron chi connectivity index (χ3n) is 8.88. The van der Waals surface area contributed by atoms with Gasteiger partial charge < -0.3 is 20.1 Å². The summed E-state index contributed by atoms with van der Waals surface area (Å²) < 4.78 is 32.8. The van der Waals surface area contributed by atoms with E-state index in [1.54, 1.807) is 0 Å². The maximum absolute atomic E-state index is 12.6. The molecule has 0 aromatic heterocycles. The Bertz CT molecular complexity index is 1090. The van der Waals surface area contributed by atoms with Crippen molar-refractivity contribution in [1.82, 2.24) is 0 Å². The highest BCUT2D eigenvalue weighted by molar-refractivity contribution is 7.47. The summed E-state index contributed by atoms with van der Waals surface area (Å²) in [6.45, 7) is 3.63. The molecule has 2 atom stereocenters. The molecule has 0 bridgehead atoms. The molecule has 318 valence electrons. The van der Waals surface area contributed by atoms with Crippen molar-refractivity contribution in [3.05, 3.63) is 60.8 Å². The minimum Gasteiger partial charge on any atom is -0.462 e. The molecule has 0 saturated carbocycles. The Hall–Kier alpha value is -2.29. The van der Waals surface area contributed by atoms with E-state index in [2.05, 4.69) is 74.6 Å². The van der Waals surface area contributed by atoms with Crippen molar-refractivity contribution in [2.45, 2.75) is 187 Å². The predicted molar refractivity (Wildman–Crippen MR) is 229 cm³/mol. The van der Waals surface area contributed by atoms with Crippen molar-refractivity contribution in [3.8, 4) is 0 Å². The van der Waals surface area contributed by atoms with Gasteiger partial charge in [-0.25, -0.2) is 4.57 Å². The molecular weight excluding hydrogens is 713 g/mol. The molecule has 0 rings (SSSR count). The minimum atomic E-state index is -4.39. The van der Waals surface area contributed by atoms with Gasteiger partial charge in [0.2, 0.25) is 0 Å². The average Bonchev–Trinajstić information content (AvgIpc) is 3.17. The summed E-state index contributed by atoms with van der Waals surface area (Å²) in [6, 6.07) is 0. The van der Waals surface area contributed by atoms with Crippen molar-refractivity contribution in [2.75, 3.05) is 26.4 Å². The van der Waals surface area contributed by atoms with Crippen LogP contribution in [-0.4, -0.2) is 49.3 Å². The third kappa shape index (κ3) is 41.2. The van der Waals surface area contributed by atoms with Gasteiger partial charge in [-0.05, 0) is 83.5 Å². The van der Waals surface area contributed by atoms with E-state index >= 15 is 0 Å². The normalized spacial score (nSPS) is 13.9. The summed E-state index contributed by atoms with van der Waals surface area (Å²) in [6.07, 6.45) is 48.1. The van der Waals surface area contributed by atoms with Gasteiger partial charge in [-0.3, -0.25) is 18.6 Å². The zero-order chi connectivity index (χ0) is 40.3. The summed E-state index contributed by atoms with van der Waals surface area (Å²) in [5, 5.41) is 0. The van der Waals surface area contributed by atoms with E-state index in [4.69, 9.17) is 24.3 Å². The zero-order valence-electron chi connectivity index (χ0n) is 34.9. The number of unbranched alkanes of at least 4 members (excludes halogenated alkanes) is 17. The van der Waals surface area contributed by atoms with Crippen LogP contribution in [0.1, 0.15) is 181 Å². The summed E-state index contributed by atoms with van der Waals surface area (Å²) in [4.78, 5) is 34.9. The molecule has 2 unspecified atom stereocenters. The van der Waals surface area contributed by atoms with Gasteiger partial charge in [0, 0.05) is 19.4 Å². The van der Waals surface area contributed by atoms with Crippen molar-refractivity contribution in [2.24, 2.45) is 5.73 Å². The van der Waals surface area contributed by atoms with Crippen LogP contribution in [0, 0.1) is 0 Å². The average molecular weight is 794 g/mol. The van der Waals surface area contributed by atoms with Gasteiger partial charge in [0.15, 0.2) is 6.10 Å².